The molecule has 1 unspecified atom stereocenters. The largest absolute Gasteiger partial charge is 0.490 e. The highest BCUT2D eigenvalue weighted by Crippen LogP contribution is 2.30. The van der Waals surface area contributed by atoms with Crippen LogP contribution in [-0.4, -0.2) is 56.8 Å². The van der Waals surface area contributed by atoms with E-state index in [1.165, 1.54) is 25.8 Å². The number of benzene rings is 1. The summed E-state index contributed by atoms with van der Waals surface area (Å²) in [4.78, 5) is 6.94. The highest BCUT2D eigenvalue weighted by Gasteiger charge is 2.17. The van der Waals surface area contributed by atoms with Crippen LogP contribution >= 0.6 is 24.0 Å². The van der Waals surface area contributed by atoms with Crippen LogP contribution < -0.4 is 20.1 Å². The van der Waals surface area contributed by atoms with Crippen molar-refractivity contribution in [1.29, 1.82) is 0 Å². The molecule has 2 aliphatic heterocycles. The van der Waals surface area contributed by atoms with Crippen molar-refractivity contribution in [3.05, 3.63) is 23.8 Å². The molecule has 0 radical (unpaired) electrons. The molecule has 0 amide bonds. The fraction of sp³-hybridized carbons (Fsp3) is 0.667. The van der Waals surface area contributed by atoms with Gasteiger partial charge in [-0.15, -0.1) is 24.0 Å². The van der Waals surface area contributed by atoms with E-state index in [0.29, 0.717) is 13.2 Å². The van der Waals surface area contributed by atoms with E-state index in [1.807, 2.05) is 13.1 Å². The summed E-state index contributed by atoms with van der Waals surface area (Å²) < 4.78 is 11.5. The molecule has 158 valence electrons. The minimum Gasteiger partial charge on any atom is -0.490 e. The number of likely N-dealkylation sites (tertiary alicyclic amines) is 1. The number of nitrogens with one attached hydrogen (secondary N) is 2. The molecule has 1 aromatic rings. The van der Waals surface area contributed by atoms with Crippen LogP contribution in [0.3, 0.4) is 0 Å². The van der Waals surface area contributed by atoms with E-state index in [1.54, 1.807) is 0 Å². The highest BCUT2D eigenvalue weighted by atomic mass is 127. The number of hydrogen-bond acceptors (Lipinski definition) is 4. The van der Waals surface area contributed by atoms with Crippen molar-refractivity contribution < 1.29 is 9.47 Å². The Morgan fingerprint density at radius 1 is 1.14 bits per heavy atom. The number of fused-ring (bicyclic) bond motifs is 1. The average molecular weight is 502 g/mol. The Hall–Kier alpha value is -1.22. The van der Waals surface area contributed by atoms with Crippen LogP contribution in [0.1, 0.15) is 44.6 Å². The van der Waals surface area contributed by atoms with Crippen LogP contribution in [0.2, 0.25) is 0 Å². The number of piperidine rings is 1. The van der Waals surface area contributed by atoms with Crippen molar-refractivity contribution in [2.75, 3.05) is 39.9 Å². The van der Waals surface area contributed by atoms with Gasteiger partial charge < -0.3 is 25.0 Å². The molecule has 2 aliphatic rings. The van der Waals surface area contributed by atoms with Gasteiger partial charge >= 0.3 is 0 Å². The molecule has 1 aromatic carbocycles. The van der Waals surface area contributed by atoms with Crippen molar-refractivity contribution in [3.63, 3.8) is 0 Å². The van der Waals surface area contributed by atoms with Crippen molar-refractivity contribution in [2.45, 2.75) is 51.6 Å². The van der Waals surface area contributed by atoms with Crippen molar-refractivity contribution in [3.8, 4) is 11.5 Å². The summed E-state index contributed by atoms with van der Waals surface area (Å²) in [7, 11) is 1.82. The number of rotatable bonds is 6. The molecule has 1 saturated heterocycles. The molecule has 2 N–H and O–H groups in total. The maximum absolute atomic E-state index is 5.76. The number of halogens is 1. The van der Waals surface area contributed by atoms with Crippen molar-refractivity contribution >= 4 is 29.9 Å². The Bertz CT molecular complexity index is 626. The number of ether oxygens (including phenoxy) is 2. The molecule has 1 fully saturated rings. The fourth-order valence-corrected chi connectivity index (χ4v) is 3.70. The minimum atomic E-state index is 0. The third kappa shape index (κ3) is 6.99. The van der Waals surface area contributed by atoms with E-state index >= 15 is 0 Å². The predicted octanol–water partition coefficient (Wildman–Crippen LogP) is 3.40. The Morgan fingerprint density at radius 3 is 2.75 bits per heavy atom. The maximum atomic E-state index is 5.76. The molecule has 6 nitrogen and oxygen atoms in total. The predicted molar refractivity (Wildman–Crippen MR) is 125 cm³/mol. The zero-order valence-electron chi connectivity index (χ0n) is 17.2. The number of hydrogen-bond donors (Lipinski definition) is 2. The monoisotopic (exact) mass is 502 g/mol. The van der Waals surface area contributed by atoms with E-state index in [0.717, 1.165) is 61.6 Å². The second kappa shape index (κ2) is 12.4. The number of aliphatic imine (C=N–C) groups is 1. The fourth-order valence-electron chi connectivity index (χ4n) is 3.70. The van der Waals surface area contributed by atoms with Gasteiger partial charge in [0.05, 0.1) is 13.2 Å². The van der Waals surface area contributed by atoms with E-state index in [9.17, 15) is 0 Å². The molecule has 1 atom stereocenters. The van der Waals surface area contributed by atoms with Crippen molar-refractivity contribution in [2.24, 2.45) is 4.99 Å². The van der Waals surface area contributed by atoms with Gasteiger partial charge in [-0.2, -0.15) is 0 Å². The summed E-state index contributed by atoms with van der Waals surface area (Å²) >= 11 is 0. The van der Waals surface area contributed by atoms with Gasteiger partial charge in [-0.05, 0) is 50.4 Å². The lowest BCUT2D eigenvalue weighted by molar-refractivity contribution is 0.159. The smallest absolute Gasteiger partial charge is 0.191 e. The third-order valence-corrected chi connectivity index (χ3v) is 5.35. The topological polar surface area (TPSA) is 58.1 Å². The molecule has 0 aliphatic carbocycles. The van der Waals surface area contributed by atoms with Gasteiger partial charge in [0.2, 0.25) is 0 Å². The van der Waals surface area contributed by atoms with Gasteiger partial charge in [0.1, 0.15) is 0 Å². The maximum Gasteiger partial charge on any atom is 0.191 e. The lowest BCUT2D eigenvalue weighted by Crippen LogP contribution is -2.41. The Morgan fingerprint density at radius 2 is 1.96 bits per heavy atom. The SMILES string of the molecule is CN=C(NCCCN1CCCCC1C)NCc1ccc2c(c1)OCCCO2.I. The molecule has 3 rings (SSSR count). The van der Waals surface area contributed by atoms with E-state index in [-0.39, 0.29) is 24.0 Å². The van der Waals surface area contributed by atoms with E-state index < -0.39 is 0 Å². The van der Waals surface area contributed by atoms with Crippen LogP contribution in [0.4, 0.5) is 0 Å². The van der Waals surface area contributed by atoms with Crippen molar-refractivity contribution in [1.82, 2.24) is 15.5 Å². The average Bonchev–Trinajstić information content (AvgIpc) is 2.93. The molecule has 0 saturated carbocycles. The first-order valence-corrected chi connectivity index (χ1v) is 10.3. The summed E-state index contributed by atoms with van der Waals surface area (Å²) in [5, 5.41) is 6.81. The van der Waals surface area contributed by atoms with Gasteiger partial charge in [-0.1, -0.05) is 12.5 Å². The number of guanidine groups is 1. The first kappa shape index (κ1) is 23.1. The van der Waals surface area contributed by atoms with E-state index in [4.69, 9.17) is 9.47 Å². The Labute approximate surface area is 186 Å². The highest BCUT2D eigenvalue weighted by molar-refractivity contribution is 14.0. The molecule has 0 aromatic heterocycles. The normalized spacial score (nSPS) is 20.1. The molecular weight excluding hydrogens is 467 g/mol. The van der Waals surface area contributed by atoms with Gasteiger partial charge in [-0.3, -0.25) is 4.99 Å². The standard InChI is InChI=1S/C21H34N4O2.HI/c1-17-7-3-4-11-25(17)12-5-10-23-21(22-2)24-16-18-8-9-19-20(15-18)27-14-6-13-26-19;/h8-9,15,17H,3-7,10-14,16H2,1-2H3,(H2,22,23,24);1H. The first-order valence-electron chi connectivity index (χ1n) is 10.3. The summed E-state index contributed by atoms with van der Waals surface area (Å²) in [5.41, 5.74) is 1.16. The van der Waals surface area contributed by atoms with Gasteiger partial charge in [0, 0.05) is 39.1 Å². The molecular formula is C21H35IN4O2. The third-order valence-electron chi connectivity index (χ3n) is 5.35. The first-order chi connectivity index (χ1) is 13.3. The van der Waals surface area contributed by atoms with Crippen LogP contribution in [-0.2, 0) is 6.54 Å². The molecule has 28 heavy (non-hydrogen) atoms. The lowest BCUT2D eigenvalue weighted by Gasteiger charge is -2.33. The van der Waals surface area contributed by atoms with Crippen LogP contribution in [0.5, 0.6) is 11.5 Å². The quantitative estimate of drug-likeness (QED) is 0.270. The molecule has 2 heterocycles. The molecule has 7 heteroatoms. The van der Waals surface area contributed by atoms with Crippen LogP contribution in [0.15, 0.2) is 23.2 Å². The van der Waals surface area contributed by atoms with Gasteiger partial charge in [-0.25, -0.2) is 0 Å². The summed E-state index contributed by atoms with van der Waals surface area (Å²) in [6.45, 7) is 7.83. The van der Waals surface area contributed by atoms with Gasteiger partial charge in [0.25, 0.3) is 0 Å². The summed E-state index contributed by atoms with van der Waals surface area (Å²) in [5.74, 6) is 2.52. The Kier molecular flexibility index (Phi) is 10.2. The lowest BCUT2D eigenvalue weighted by atomic mass is 10.0. The summed E-state index contributed by atoms with van der Waals surface area (Å²) in [6, 6.07) is 6.85. The zero-order chi connectivity index (χ0) is 18.9. The minimum absolute atomic E-state index is 0. The Balaban J connectivity index is 0.00000280. The molecule has 0 bridgehead atoms. The zero-order valence-corrected chi connectivity index (χ0v) is 19.5. The summed E-state index contributed by atoms with van der Waals surface area (Å²) in [6.07, 6.45) is 6.12. The van der Waals surface area contributed by atoms with E-state index in [2.05, 4.69) is 39.6 Å². The second-order valence-corrected chi connectivity index (χ2v) is 7.42. The van der Waals surface area contributed by atoms with Gasteiger partial charge in [0.15, 0.2) is 17.5 Å². The van der Waals surface area contributed by atoms with Crippen LogP contribution in [0.25, 0.3) is 0 Å². The molecule has 0 spiro atoms. The number of nitrogens with zero attached hydrogens (tertiary/aromatic N) is 2. The second-order valence-electron chi connectivity index (χ2n) is 7.42. The van der Waals surface area contributed by atoms with Crippen LogP contribution in [0, 0.1) is 0 Å².